The summed E-state index contributed by atoms with van der Waals surface area (Å²) < 4.78 is 0. The second kappa shape index (κ2) is 5.95. The van der Waals surface area contributed by atoms with Crippen LogP contribution in [0.4, 0.5) is 0 Å². The molecule has 0 spiro atoms. The van der Waals surface area contributed by atoms with Crippen molar-refractivity contribution in [2.45, 2.75) is 12.6 Å². The summed E-state index contributed by atoms with van der Waals surface area (Å²) in [4.78, 5) is 1.97. The number of nitrogens with zero attached hydrogens (tertiary/aromatic N) is 2. The zero-order valence-corrected chi connectivity index (χ0v) is 10.8. The quantitative estimate of drug-likeness (QED) is 0.699. The second-order valence-corrected chi connectivity index (χ2v) is 4.80. The maximum atomic E-state index is 9.75. The molecule has 2 aromatic rings. The minimum Gasteiger partial charge on any atom is -0.390 e. The first kappa shape index (κ1) is 13.0. The van der Waals surface area contributed by atoms with Crippen LogP contribution in [0.3, 0.4) is 0 Å². The van der Waals surface area contributed by atoms with Gasteiger partial charge in [-0.3, -0.25) is 5.10 Å². The number of hydrogen-bond donors (Lipinski definition) is 3. The van der Waals surface area contributed by atoms with Crippen molar-refractivity contribution in [3.63, 3.8) is 0 Å². The molecule has 0 aliphatic rings. The van der Waals surface area contributed by atoms with Gasteiger partial charge in [-0.15, -0.1) is 0 Å². The van der Waals surface area contributed by atoms with E-state index in [9.17, 15) is 5.11 Å². The molecule has 3 N–H and O–H groups in total. The molecule has 2 rings (SSSR count). The molecule has 0 amide bonds. The van der Waals surface area contributed by atoms with E-state index in [2.05, 4.69) is 21.6 Å². The van der Waals surface area contributed by atoms with Gasteiger partial charge in [-0.1, -0.05) is 18.2 Å². The number of H-pyrrole nitrogens is 1. The van der Waals surface area contributed by atoms with Crippen LogP contribution in [0.5, 0.6) is 0 Å². The number of aliphatic hydroxyl groups is 1. The summed E-state index contributed by atoms with van der Waals surface area (Å²) in [5.74, 6) is 0. The van der Waals surface area contributed by atoms with Gasteiger partial charge in [0.15, 0.2) is 0 Å². The van der Waals surface area contributed by atoms with Gasteiger partial charge >= 0.3 is 0 Å². The number of fused-ring (bicyclic) bond motifs is 1. The first-order valence-electron chi connectivity index (χ1n) is 6.11. The summed E-state index contributed by atoms with van der Waals surface area (Å²) >= 11 is 0. The summed E-state index contributed by atoms with van der Waals surface area (Å²) in [6.45, 7) is 1.98. The third kappa shape index (κ3) is 3.29. The largest absolute Gasteiger partial charge is 0.390 e. The number of aliphatic hydroxyl groups excluding tert-OH is 1. The van der Waals surface area contributed by atoms with Gasteiger partial charge in [0.25, 0.3) is 0 Å². The van der Waals surface area contributed by atoms with Gasteiger partial charge in [-0.25, -0.2) is 0 Å². The lowest BCUT2D eigenvalue weighted by molar-refractivity contribution is 0.134. The van der Waals surface area contributed by atoms with E-state index in [1.807, 2.05) is 37.3 Å². The lowest BCUT2D eigenvalue weighted by atomic mass is 10.1. The van der Waals surface area contributed by atoms with Crippen LogP contribution in [0.2, 0.25) is 0 Å². The molecule has 1 aromatic carbocycles. The first-order valence-corrected chi connectivity index (χ1v) is 6.11. The highest BCUT2D eigenvalue weighted by atomic mass is 16.3. The van der Waals surface area contributed by atoms with Crippen molar-refractivity contribution in [3.8, 4) is 0 Å². The van der Waals surface area contributed by atoms with Crippen molar-refractivity contribution in [3.05, 3.63) is 30.0 Å². The minimum absolute atomic E-state index is 0.346. The fraction of sp³-hybridized carbons (Fsp3) is 0.462. The predicted molar refractivity (Wildman–Crippen MR) is 72.4 cm³/mol. The van der Waals surface area contributed by atoms with E-state index in [1.54, 1.807) is 0 Å². The molecule has 0 bridgehead atoms. The molecule has 1 aromatic heterocycles. The lowest BCUT2D eigenvalue weighted by Crippen LogP contribution is -2.34. The fourth-order valence-electron chi connectivity index (χ4n) is 2.04. The molecule has 0 aliphatic carbocycles. The Bertz CT molecular complexity index is 494. The molecule has 5 heteroatoms. The maximum Gasteiger partial charge on any atom is 0.0791 e. The Morgan fingerprint density at radius 2 is 2.28 bits per heavy atom. The Morgan fingerprint density at radius 3 is 3.06 bits per heavy atom. The van der Waals surface area contributed by atoms with Gasteiger partial charge in [0, 0.05) is 25.0 Å². The first-order chi connectivity index (χ1) is 8.66. The normalized spacial score (nSPS) is 13.3. The van der Waals surface area contributed by atoms with Gasteiger partial charge in [0.1, 0.15) is 0 Å². The third-order valence-corrected chi connectivity index (χ3v) is 2.83. The number of benzene rings is 1. The van der Waals surface area contributed by atoms with Crippen LogP contribution in [0.1, 0.15) is 5.56 Å². The Morgan fingerprint density at radius 1 is 1.44 bits per heavy atom. The molecule has 18 heavy (non-hydrogen) atoms. The Hall–Kier alpha value is -1.43. The number of para-hydroxylation sites is 1. The Kier molecular flexibility index (Phi) is 4.30. The van der Waals surface area contributed by atoms with Gasteiger partial charge < -0.3 is 15.3 Å². The number of rotatable bonds is 6. The van der Waals surface area contributed by atoms with Crippen molar-refractivity contribution in [2.24, 2.45) is 0 Å². The predicted octanol–water partition coefficient (Wildman–Crippen LogP) is 0.575. The zero-order chi connectivity index (χ0) is 13.0. The number of hydrogen-bond acceptors (Lipinski definition) is 4. The van der Waals surface area contributed by atoms with Crippen LogP contribution in [-0.2, 0) is 6.54 Å². The van der Waals surface area contributed by atoms with Crippen LogP contribution < -0.4 is 5.32 Å². The van der Waals surface area contributed by atoms with E-state index in [1.165, 1.54) is 5.56 Å². The highest BCUT2D eigenvalue weighted by Gasteiger charge is 2.06. The molecule has 0 fully saturated rings. The van der Waals surface area contributed by atoms with Crippen LogP contribution in [-0.4, -0.2) is 53.5 Å². The highest BCUT2D eigenvalue weighted by molar-refractivity contribution is 5.81. The molecule has 5 nitrogen and oxygen atoms in total. The third-order valence-electron chi connectivity index (χ3n) is 2.83. The van der Waals surface area contributed by atoms with Crippen LogP contribution in [0.25, 0.3) is 10.9 Å². The van der Waals surface area contributed by atoms with E-state index >= 15 is 0 Å². The van der Waals surface area contributed by atoms with E-state index in [0.717, 1.165) is 17.4 Å². The van der Waals surface area contributed by atoms with Crippen molar-refractivity contribution < 1.29 is 5.11 Å². The molecule has 1 atom stereocenters. The van der Waals surface area contributed by atoms with Crippen molar-refractivity contribution in [1.82, 2.24) is 20.4 Å². The summed E-state index contributed by atoms with van der Waals surface area (Å²) in [5.41, 5.74) is 2.23. The minimum atomic E-state index is -0.346. The SMILES string of the molecule is CN(C)CC(O)CNCc1cccc2cn[nH]c12. The monoisotopic (exact) mass is 248 g/mol. The highest BCUT2D eigenvalue weighted by Crippen LogP contribution is 2.14. The molecule has 0 saturated heterocycles. The average Bonchev–Trinajstić information content (AvgIpc) is 2.76. The Balaban J connectivity index is 1.88. The van der Waals surface area contributed by atoms with Gasteiger partial charge in [0.2, 0.25) is 0 Å². The van der Waals surface area contributed by atoms with Crippen molar-refractivity contribution >= 4 is 10.9 Å². The second-order valence-electron chi connectivity index (χ2n) is 4.80. The zero-order valence-electron chi connectivity index (χ0n) is 10.8. The van der Waals surface area contributed by atoms with Crippen LogP contribution in [0, 0.1) is 0 Å². The summed E-state index contributed by atoms with van der Waals surface area (Å²) in [7, 11) is 3.91. The number of likely N-dealkylation sites (N-methyl/N-ethyl adjacent to an activating group) is 1. The molecule has 1 heterocycles. The van der Waals surface area contributed by atoms with Crippen molar-refractivity contribution in [1.29, 1.82) is 0 Å². The van der Waals surface area contributed by atoms with Crippen LogP contribution in [0.15, 0.2) is 24.4 Å². The lowest BCUT2D eigenvalue weighted by Gasteiger charge is -2.16. The maximum absolute atomic E-state index is 9.75. The molecule has 1 unspecified atom stereocenters. The summed E-state index contributed by atoms with van der Waals surface area (Å²) in [6, 6.07) is 6.11. The van der Waals surface area contributed by atoms with Gasteiger partial charge in [-0.05, 0) is 19.7 Å². The van der Waals surface area contributed by atoms with Crippen LogP contribution >= 0.6 is 0 Å². The molecular formula is C13H20N4O. The molecule has 0 saturated carbocycles. The van der Waals surface area contributed by atoms with Gasteiger partial charge in [0.05, 0.1) is 17.8 Å². The van der Waals surface area contributed by atoms with Crippen molar-refractivity contribution in [2.75, 3.05) is 27.2 Å². The van der Waals surface area contributed by atoms with Gasteiger partial charge in [-0.2, -0.15) is 5.10 Å². The summed E-state index contributed by atoms with van der Waals surface area (Å²) in [5, 5.41) is 21.2. The molecule has 0 aliphatic heterocycles. The Labute approximate surface area is 107 Å². The molecular weight excluding hydrogens is 228 g/mol. The smallest absolute Gasteiger partial charge is 0.0791 e. The number of aromatic amines is 1. The number of nitrogens with one attached hydrogen (secondary N) is 2. The van der Waals surface area contributed by atoms with E-state index < -0.39 is 0 Å². The molecule has 98 valence electrons. The van der Waals surface area contributed by atoms with E-state index in [-0.39, 0.29) is 6.10 Å². The number of aromatic nitrogens is 2. The van der Waals surface area contributed by atoms with E-state index in [0.29, 0.717) is 13.1 Å². The summed E-state index contributed by atoms with van der Waals surface area (Å²) in [6.07, 6.45) is 1.47. The fourth-order valence-corrected chi connectivity index (χ4v) is 2.04. The standard InChI is InChI=1S/C13H20N4O/c1-17(2)9-12(18)8-14-6-10-4-3-5-11-7-15-16-13(10)11/h3-5,7,12,14,18H,6,8-9H2,1-2H3,(H,15,16). The van der Waals surface area contributed by atoms with E-state index in [4.69, 9.17) is 0 Å². The average molecular weight is 248 g/mol. The topological polar surface area (TPSA) is 64.2 Å². The molecule has 0 radical (unpaired) electrons.